The number of nitrogens with one attached hydrogen (secondary N) is 1. The summed E-state index contributed by atoms with van der Waals surface area (Å²) >= 11 is 0. The average Bonchev–Trinajstić information content (AvgIpc) is 3.16. The number of hydrogen-bond acceptors (Lipinski definition) is 5. The molecule has 0 spiro atoms. The van der Waals surface area contributed by atoms with Crippen molar-refractivity contribution >= 4 is 11.9 Å². The van der Waals surface area contributed by atoms with Crippen molar-refractivity contribution in [2.75, 3.05) is 12.4 Å². The molecule has 1 aliphatic carbocycles. The van der Waals surface area contributed by atoms with Gasteiger partial charge < -0.3 is 9.15 Å². The van der Waals surface area contributed by atoms with Crippen molar-refractivity contribution in [1.29, 1.82) is 0 Å². The Morgan fingerprint density at radius 3 is 2.71 bits per heavy atom. The molecule has 3 aromatic rings. The number of fused-ring (bicyclic) bond motifs is 1. The number of carbonyl (C=O) groups is 1. The number of amides is 1. The van der Waals surface area contributed by atoms with Crippen LogP contribution in [0.4, 0.5) is 6.01 Å². The summed E-state index contributed by atoms with van der Waals surface area (Å²) in [7, 11) is 1.63. The van der Waals surface area contributed by atoms with E-state index in [9.17, 15) is 4.79 Å². The topological polar surface area (TPSA) is 77.2 Å². The highest BCUT2D eigenvalue weighted by molar-refractivity contribution is 5.90. The number of rotatable bonds is 5. The molecule has 144 valence electrons. The summed E-state index contributed by atoms with van der Waals surface area (Å²) in [6.45, 7) is 1.95. The first kappa shape index (κ1) is 18.2. The maximum Gasteiger partial charge on any atom is 0.322 e. The van der Waals surface area contributed by atoms with E-state index in [1.165, 1.54) is 24.0 Å². The zero-order chi connectivity index (χ0) is 19.5. The van der Waals surface area contributed by atoms with Crippen LogP contribution in [0.2, 0.25) is 0 Å². The summed E-state index contributed by atoms with van der Waals surface area (Å²) in [4.78, 5) is 12.3. The fourth-order valence-electron chi connectivity index (χ4n) is 3.66. The third-order valence-corrected chi connectivity index (χ3v) is 5.09. The van der Waals surface area contributed by atoms with Gasteiger partial charge in [0.15, 0.2) is 0 Å². The molecule has 4 rings (SSSR count). The molecule has 6 nitrogen and oxygen atoms in total. The van der Waals surface area contributed by atoms with Crippen molar-refractivity contribution in [1.82, 2.24) is 10.2 Å². The Hall–Kier alpha value is -3.15. The van der Waals surface area contributed by atoms with Crippen LogP contribution in [-0.4, -0.2) is 23.2 Å². The van der Waals surface area contributed by atoms with Crippen LogP contribution in [0.15, 0.2) is 40.8 Å². The van der Waals surface area contributed by atoms with Crippen LogP contribution in [0.3, 0.4) is 0 Å². The van der Waals surface area contributed by atoms with Crippen molar-refractivity contribution in [3.63, 3.8) is 0 Å². The number of ether oxygens (including phenoxy) is 1. The number of aromatic nitrogens is 2. The Morgan fingerprint density at radius 1 is 1.11 bits per heavy atom. The minimum absolute atomic E-state index is 0.114. The number of methoxy groups -OCH3 is 1. The second-order valence-electron chi connectivity index (χ2n) is 7.13. The van der Waals surface area contributed by atoms with Gasteiger partial charge in [-0.15, -0.1) is 5.10 Å². The molecule has 2 aromatic carbocycles. The first-order chi connectivity index (χ1) is 13.6. The molecular formula is C22H23N3O3. The fourth-order valence-corrected chi connectivity index (χ4v) is 3.66. The van der Waals surface area contributed by atoms with Crippen molar-refractivity contribution in [2.24, 2.45) is 0 Å². The molecule has 0 radical (unpaired) electrons. The third-order valence-electron chi connectivity index (χ3n) is 5.09. The monoisotopic (exact) mass is 377 g/mol. The largest absolute Gasteiger partial charge is 0.496 e. The zero-order valence-electron chi connectivity index (χ0n) is 16.1. The lowest BCUT2D eigenvalue weighted by Gasteiger charge is -2.15. The normalized spacial score (nSPS) is 13.1. The van der Waals surface area contributed by atoms with Gasteiger partial charge in [0.1, 0.15) is 5.75 Å². The van der Waals surface area contributed by atoms with Crippen LogP contribution in [0.25, 0.3) is 11.5 Å². The van der Waals surface area contributed by atoms with Gasteiger partial charge in [-0.3, -0.25) is 10.1 Å². The smallest absolute Gasteiger partial charge is 0.322 e. The number of anilines is 1. The Kier molecular flexibility index (Phi) is 5.10. The summed E-state index contributed by atoms with van der Waals surface area (Å²) in [6.07, 6.45) is 4.90. The van der Waals surface area contributed by atoms with Crippen molar-refractivity contribution in [3.05, 3.63) is 58.7 Å². The molecule has 1 N–H and O–H groups in total. The van der Waals surface area contributed by atoms with Crippen molar-refractivity contribution < 1.29 is 13.9 Å². The minimum Gasteiger partial charge on any atom is -0.496 e. The van der Waals surface area contributed by atoms with Gasteiger partial charge in [-0.05, 0) is 73.1 Å². The van der Waals surface area contributed by atoms with Crippen molar-refractivity contribution in [2.45, 2.75) is 39.0 Å². The second-order valence-corrected chi connectivity index (χ2v) is 7.13. The Labute approximate surface area is 163 Å². The standard InChI is InChI=1S/C22H23N3O3/c1-14-11-15(7-10-19(14)27-2)12-20(26)23-22-25-24-21(28-22)18-9-8-16-5-3-4-6-17(16)13-18/h7-11,13H,3-6,12H2,1-2H3,(H,23,25,26). The van der Waals surface area contributed by atoms with E-state index in [2.05, 4.69) is 27.6 Å². The van der Waals surface area contributed by atoms with Crippen LogP contribution in [-0.2, 0) is 24.1 Å². The average molecular weight is 377 g/mol. The van der Waals surface area contributed by atoms with E-state index in [1.807, 2.05) is 31.2 Å². The van der Waals surface area contributed by atoms with Gasteiger partial charge in [0.05, 0.1) is 13.5 Å². The SMILES string of the molecule is COc1ccc(CC(=O)Nc2nnc(-c3ccc4c(c3)CCCC4)o2)cc1C. The maximum absolute atomic E-state index is 12.3. The molecule has 0 atom stereocenters. The first-order valence-corrected chi connectivity index (χ1v) is 9.51. The number of aryl methyl sites for hydroxylation is 3. The summed E-state index contributed by atoms with van der Waals surface area (Å²) < 4.78 is 10.9. The van der Waals surface area contributed by atoms with Gasteiger partial charge in [0, 0.05) is 5.56 Å². The van der Waals surface area contributed by atoms with E-state index in [0.29, 0.717) is 5.89 Å². The van der Waals surface area contributed by atoms with E-state index in [-0.39, 0.29) is 18.3 Å². The van der Waals surface area contributed by atoms with E-state index >= 15 is 0 Å². The molecule has 6 heteroatoms. The van der Waals surface area contributed by atoms with Crippen LogP contribution in [0.5, 0.6) is 5.75 Å². The van der Waals surface area contributed by atoms with E-state index in [1.54, 1.807) is 7.11 Å². The Bertz CT molecular complexity index is 1010. The minimum atomic E-state index is -0.204. The van der Waals surface area contributed by atoms with Crippen LogP contribution in [0.1, 0.15) is 35.1 Å². The Balaban J connectivity index is 1.43. The predicted octanol–water partition coefficient (Wildman–Crippen LogP) is 4.11. The lowest BCUT2D eigenvalue weighted by molar-refractivity contribution is -0.115. The molecule has 0 unspecified atom stereocenters. The van der Waals surface area contributed by atoms with Gasteiger partial charge >= 0.3 is 6.01 Å². The second kappa shape index (κ2) is 7.84. The van der Waals surface area contributed by atoms with Crippen LogP contribution < -0.4 is 10.1 Å². The lowest BCUT2D eigenvalue weighted by atomic mass is 9.90. The highest BCUT2D eigenvalue weighted by Crippen LogP contribution is 2.27. The van der Waals surface area contributed by atoms with Gasteiger partial charge in [-0.2, -0.15) is 0 Å². The predicted molar refractivity (Wildman–Crippen MR) is 106 cm³/mol. The maximum atomic E-state index is 12.3. The highest BCUT2D eigenvalue weighted by atomic mass is 16.5. The zero-order valence-corrected chi connectivity index (χ0v) is 16.1. The summed E-state index contributed by atoms with van der Waals surface area (Å²) in [6, 6.07) is 12.0. The molecule has 0 saturated carbocycles. The van der Waals surface area contributed by atoms with Crippen LogP contribution in [0, 0.1) is 6.92 Å². The molecule has 0 saturated heterocycles. The van der Waals surface area contributed by atoms with Crippen molar-refractivity contribution in [3.8, 4) is 17.2 Å². The molecule has 0 bridgehead atoms. The van der Waals surface area contributed by atoms with Crippen LogP contribution >= 0.6 is 0 Å². The summed E-state index contributed by atoms with van der Waals surface area (Å²) in [5.74, 6) is 1.02. The van der Waals surface area contributed by atoms with Gasteiger partial charge in [0.2, 0.25) is 11.8 Å². The number of carbonyl (C=O) groups excluding carboxylic acids is 1. The molecule has 1 aliphatic rings. The molecule has 0 aliphatic heterocycles. The summed E-state index contributed by atoms with van der Waals surface area (Å²) in [5.41, 5.74) is 5.52. The summed E-state index contributed by atoms with van der Waals surface area (Å²) in [5, 5.41) is 10.7. The van der Waals surface area contributed by atoms with E-state index < -0.39 is 0 Å². The quantitative estimate of drug-likeness (QED) is 0.724. The van der Waals surface area contributed by atoms with E-state index in [4.69, 9.17) is 9.15 Å². The molecule has 28 heavy (non-hydrogen) atoms. The lowest BCUT2D eigenvalue weighted by Crippen LogP contribution is -2.14. The number of nitrogens with zero attached hydrogens (tertiary/aromatic N) is 2. The molecule has 1 aromatic heterocycles. The number of benzene rings is 2. The fraction of sp³-hybridized carbons (Fsp3) is 0.318. The van der Waals surface area contributed by atoms with E-state index in [0.717, 1.165) is 35.3 Å². The molecule has 0 fully saturated rings. The van der Waals surface area contributed by atoms with Gasteiger partial charge in [-0.25, -0.2) is 0 Å². The van der Waals surface area contributed by atoms with Gasteiger partial charge in [-0.1, -0.05) is 23.3 Å². The number of hydrogen-bond donors (Lipinski definition) is 1. The third kappa shape index (κ3) is 3.91. The molecule has 1 amide bonds. The first-order valence-electron chi connectivity index (χ1n) is 9.51. The highest BCUT2D eigenvalue weighted by Gasteiger charge is 2.15. The molecule has 1 heterocycles. The van der Waals surface area contributed by atoms with Gasteiger partial charge in [0.25, 0.3) is 0 Å². The Morgan fingerprint density at radius 2 is 1.93 bits per heavy atom. The molecular weight excluding hydrogens is 354 g/mol.